The monoisotopic (exact) mass is 550 g/mol. The fraction of sp³-hybridized carbons (Fsp3) is 0.143. The minimum Gasteiger partial charge on any atom is -0.496 e. The number of carbonyl (C=O) groups excluding carboxylic acids is 1. The number of hydrogen-bond donors (Lipinski definition) is 1. The van der Waals surface area contributed by atoms with E-state index in [1.807, 2.05) is 4.72 Å². The van der Waals surface area contributed by atoms with E-state index >= 15 is 0 Å². The molecule has 0 bridgehead atoms. The lowest BCUT2D eigenvalue weighted by molar-refractivity contribution is -0.274. The van der Waals surface area contributed by atoms with Crippen LogP contribution in [0.25, 0.3) is 11.1 Å². The van der Waals surface area contributed by atoms with Crippen LogP contribution in [0.4, 0.5) is 13.2 Å². The Balaban J connectivity index is 1.87. The average molecular weight is 551 g/mol. The second-order valence-corrected chi connectivity index (χ2v) is 9.43. The first-order valence-corrected chi connectivity index (χ1v) is 12.0. The maximum Gasteiger partial charge on any atom is 0.573 e. The SMILES string of the molecule is COc1cc(C(=O)NS(C)(=O)=O)ccc1-c1cnc(Oc2ccc(Cl)c(OC(F)(F)F)c2)c(Cl)c1. The van der Waals surface area contributed by atoms with E-state index in [-0.39, 0.29) is 33.0 Å². The summed E-state index contributed by atoms with van der Waals surface area (Å²) >= 11 is 12.0. The maximum absolute atomic E-state index is 12.5. The summed E-state index contributed by atoms with van der Waals surface area (Å²) in [6.45, 7) is 0. The highest BCUT2D eigenvalue weighted by Crippen LogP contribution is 2.38. The largest absolute Gasteiger partial charge is 0.573 e. The van der Waals surface area contributed by atoms with Crippen LogP contribution in [0.15, 0.2) is 48.7 Å². The quantitative estimate of drug-likeness (QED) is 0.417. The molecule has 186 valence electrons. The van der Waals surface area contributed by atoms with Gasteiger partial charge in [-0.05, 0) is 36.4 Å². The van der Waals surface area contributed by atoms with Crippen LogP contribution in [0.5, 0.6) is 23.1 Å². The first-order chi connectivity index (χ1) is 16.3. The summed E-state index contributed by atoms with van der Waals surface area (Å²) in [5.41, 5.74) is 0.956. The van der Waals surface area contributed by atoms with Gasteiger partial charge in [0.05, 0.1) is 18.4 Å². The molecule has 3 rings (SSSR count). The predicted molar refractivity (Wildman–Crippen MR) is 122 cm³/mol. The summed E-state index contributed by atoms with van der Waals surface area (Å²) in [4.78, 5) is 16.2. The van der Waals surface area contributed by atoms with Gasteiger partial charge in [0.1, 0.15) is 16.5 Å². The number of pyridine rings is 1. The average Bonchev–Trinajstić information content (AvgIpc) is 2.74. The molecule has 0 saturated carbocycles. The topological polar surface area (TPSA) is 104 Å². The highest BCUT2D eigenvalue weighted by Gasteiger charge is 2.32. The van der Waals surface area contributed by atoms with Gasteiger partial charge < -0.3 is 14.2 Å². The molecular weight excluding hydrogens is 536 g/mol. The van der Waals surface area contributed by atoms with Crippen LogP contribution in [0.3, 0.4) is 0 Å². The molecule has 0 unspecified atom stereocenters. The van der Waals surface area contributed by atoms with E-state index in [2.05, 4.69) is 9.72 Å². The molecule has 0 spiro atoms. The van der Waals surface area contributed by atoms with Gasteiger partial charge in [0.25, 0.3) is 5.91 Å². The van der Waals surface area contributed by atoms with E-state index in [1.54, 1.807) is 0 Å². The molecule has 1 amide bonds. The molecule has 0 aliphatic rings. The summed E-state index contributed by atoms with van der Waals surface area (Å²) in [5, 5.41) is -0.262. The Morgan fingerprint density at radius 2 is 1.74 bits per heavy atom. The first-order valence-electron chi connectivity index (χ1n) is 9.35. The number of sulfonamides is 1. The van der Waals surface area contributed by atoms with Crippen LogP contribution < -0.4 is 18.9 Å². The predicted octanol–water partition coefficient (Wildman–Crippen LogP) is 5.44. The minimum atomic E-state index is -4.94. The molecule has 0 aliphatic carbocycles. The normalized spacial score (nSPS) is 11.6. The molecule has 35 heavy (non-hydrogen) atoms. The van der Waals surface area contributed by atoms with Crippen LogP contribution in [0, 0.1) is 0 Å². The van der Waals surface area contributed by atoms with Crippen LogP contribution in [0.1, 0.15) is 10.4 Å². The zero-order valence-electron chi connectivity index (χ0n) is 17.8. The Hall–Kier alpha value is -3.22. The lowest BCUT2D eigenvalue weighted by atomic mass is 10.0. The second kappa shape index (κ2) is 10.2. The van der Waals surface area contributed by atoms with Gasteiger partial charge in [-0.3, -0.25) is 4.79 Å². The van der Waals surface area contributed by atoms with Crippen molar-refractivity contribution in [1.82, 2.24) is 9.71 Å². The lowest BCUT2D eigenvalue weighted by Crippen LogP contribution is -2.29. The van der Waals surface area contributed by atoms with E-state index in [0.717, 1.165) is 18.4 Å². The van der Waals surface area contributed by atoms with Crippen molar-refractivity contribution in [2.45, 2.75) is 6.36 Å². The number of nitrogens with zero attached hydrogens (tertiary/aromatic N) is 1. The van der Waals surface area contributed by atoms with Crippen LogP contribution >= 0.6 is 23.2 Å². The number of methoxy groups -OCH3 is 1. The number of nitrogens with one attached hydrogen (secondary N) is 1. The number of aromatic nitrogens is 1. The van der Waals surface area contributed by atoms with E-state index in [0.29, 0.717) is 11.1 Å². The van der Waals surface area contributed by atoms with Gasteiger partial charge >= 0.3 is 6.36 Å². The molecule has 1 N–H and O–H groups in total. The molecule has 3 aromatic rings. The zero-order valence-corrected chi connectivity index (χ0v) is 20.1. The molecule has 0 atom stereocenters. The number of benzene rings is 2. The van der Waals surface area contributed by atoms with Crippen molar-refractivity contribution >= 4 is 39.1 Å². The summed E-state index contributed by atoms with van der Waals surface area (Å²) in [7, 11) is -2.40. The minimum absolute atomic E-state index is 0.0108. The van der Waals surface area contributed by atoms with Gasteiger partial charge in [-0.2, -0.15) is 0 Å². The van der Waals surface area contributed by atoms with Crippen molar-refractivity contribution in [2.75, 3.05) is 13.4 Å². The van der Waals surface area contributed by atoms with Crippen molar-refractivity contribution < 1.29 is 40.6 Å². The summed E-state index contributed by atoms with van der Waals surface area (Å²) < 4.78 is 76.7. The number of halogens is 5. The van der Waals surface area contributed by atoms with Crippen molar-refractivity contribution in [2.24, 2.45) is 0 Å². The summed E-state index contributed by atoms with van der Waals surface area (Å²) in [6, 6.07) is 9.08. The molecular formula is C21H15Cl2F3N2O6S. The van der Waals surface area contributed by atoms with E-state index in [9.17, 15) is 26.4 Å². The van der Waals surface area contributed by atoms with E-state index in [4.69, 9.17) is 32.7 Å². The maximum atomic E-state index is 12.5. The number of carbonyl (C=O) groups is 1. The van der Waals surface area contributed by atoms with Gasteiger partial charge in [-0.15, -0.1) is 13.2 Å². The third kappa shape index (κ3) is 7.13. The Kier molecular flexibility index (Phi) is 7.68. The number of alkyl halides is 3. The Bertz CT molecular complexity index is 1380. The van der Waals surface area contributed by atoms with Gasteiger partial charge in [0, 0.05) is 29.0 Å². The van der Waals surface area contributed by atoms with Gasteiger partial charge in [-0.25, -0.2) is 18.1 Å². The smallest absolute Gasteiger partial charge is 0.496 e. The number of rotatable bonds is 7. The Labute approximate surface area is 207 Å². The van der Waals surface area contributed by atoms with Crippen molar-refractivity contribution in [3.63, 3.8) is 0 Å². The van der Waals surface area contributed by atoms with Crippen molar-refractivity contribution in [3.8, 4) is 34.3 Å². The Morgan fingerprint density at radius 3 is 2.34 bits per heavy atom. The lowest BCUT2D eigenvalue weighted by Gasteiger charge is -2.14. The molecule has 0 aliphatic heterocycles. The van der Waals surface area contributed by atoms with Gasteiger partial charge in [-0.1, -0.05) is 23.2 Å². The molecule has 2 aromatic carbocycles. The number of hydrogen-bond acceptors (Lipinski definition) is 7. The number of amides is 1. The highest BCUT2D eigenvalue weighted by atomic mass is 35.5. The Morgan fingerprint density at radius 1 is 1.03 bits per heavy atom. The first kappa shape index (κ1) is 26.4. The standard InChI is InChI=1S/C21H15Cl2F3N2O6S/c1-32-17-8-11(19(29)28-35(2,30)31)3-5-14(17)12-7-16(23)20(27-10-12)33-13-4-6-15(22)18(9-13)34-21(24,25)26/h3-10H,1-2H3,(H,28,29). The highest BCUT2D eigenvalue weighted by molar-refractivity contribution is 7.89. The molecule has 14 heteroatoms. The number of ether oxygens (including phenoxy) is 3. The molecule has 0 radical (unpaired) electrons. The zero-order chi connectivity index (χ0) is 26.0. The molecule has 8 nitrogen and oxygen atoms in total. The van der Waals surface area contributed by atoms with Crippen molar-refractivity contribution in [1.29, 1.82) is 0 Å². The molecule has 0 fully saturated rings. The van der Waals surface area contributed by atoms with Gasteiger partial charge in [0.15, 0.2) is 5.75 Å². The van der Waals surface area contributed by atoms with Crippen LogP contribution in [-0.2, 0) is 10.0 Å². The molecule has 1 aromatic heterocycles. The second-order valence-electron chi connectivity index (χ2n) is 6.87. The van der Waals surface area contributed by atoms with E-state index < -0.39 is 28.0 Å². The van der Waals surface area contributed by atoms with Crippen molar-refractivity contribution in [3.05, 3.63) is 64.3 Å². The summed E-state index contributed by atoms with van der Waals surface area (Å²) in [6.07, 6.45) is -2.74. The molecule has 0 saturated heterocycles. The third-order valence-corrected chi connectivity index (χ3v) is 5.34. The fourth-order valence-electron chi connectivity index (χ4n) is 2.81. The van der Waals surface area contributed by atoms with Gasteiger partial charge in [0.2, 0.25) is 15.9 Å². The fourth-order valence-corrected chi connectivity index (χ4v) is 3.62. The third-order valence-electron chi connectivity index (χ3n) is 4.20. The van der Waals surface area contributed by atoms with E-state index in [1.165, 1.54) is 43.6 Å². The molecule has 1 heterocycles. The van der Waals surface area contributed by atoms with Crippen LogP contribution in [-0.4, -0.2) is 39.0 Å². The van der Waals surface area contributed by atoms with Crippen LogP contribution in [0.2, 0.25) is 10.0 Å². The summed E-state index contributed by atoms with van der Waals surface area (Å²) in [5.74, 6) is -1.44.